The van der Waals surface area contributed by atoms with Gasteiger partial charge < -0.3 is 5.73 Å². The zero-order valence-electron chi connectivity index (χ0n) is 9.90. The molecule has 1 aromatic rings. The van der Waals surface area contributed by atoms with E-state index in [1.165, 1.54) is 11.1 Å². The van der Waals surface area contributed by atoms with Gasteiger partial charge in [0.2, 0.25) is 0 Å². The van der Waals surface area contributed by atoms with Gasteiger partial charge in [0, 0.05) is 25.0 Å². The Hall–Kier alpha value is -0.930. The summed E-state index contributed by atoms with van der Waals surface area (Å²) in [6.45, 7) is 6.00. The van der Waals surface area contributed by atoms with Gasteiger partial charge in [-0.2, -0.15) is 0 Å². The Morgan fingerprint density at radius 2 is 2.27 bits per heavy atom. The number of aromatic nitrogens is 1. The summed E-state index contributed by atoms with van der Waals surface area (Å²) in [5.74, 6) is 0. The zero-order chi connectivity index (χ0) is 11.3. The average molecular weight is 207 g/mol. The third kappa shape index (κ3) is 3.01. The van der Waals surface area contributed by atoms with Crippen molar-refractivity contribution in [2.24, 2.45) is 5.73 Å². The second kappa shape index (κ2) is 5.83. The lowest BCUT2D eigenvalue weighted by Crippen LogP contribution is -2.31. The number of aryl methyl sites for hydroxylation is 1. The standard InChI is InChI=1S/C12H21N3/c1-4-7-15(3)12(8-13)11-9-14-6-5-10(11)2/h5-6,9,12H,4,7-8,13H2,1-3H3. The van der Waals surface area contributed by atoms with Crippen molar-refractivity contribution in [1.82, 2.24) is 9.88 Å². The first-order chi connectivity index (χ1) is 7.20. The summed E-state index contributed by atoms with van der Waals surface area (Å²) in [6.07, 6.45) is 4.90. The highest BCUT2D eigenvalue weighted by Gasteiger charge is 2.16. The zero-order valence-corrected chi connectivity index (χ0v) is 9.90. The lowest BCUT2D eigenvalue weighted by Gasteiger charge is -2.27. The van der Waals surface area contributed by atoms with Crippen molar-refractivity contribution < 1.29 is 0 Å². The molecule has 1 rings (SSSR count). The molecule has 0 amide bonds. The van der Waals surface area contributed by atoms with E-state index >= 15 is 0 Å². The van der Waals surface area contributed by atoms with Gasteiger partial charge in [0.05, 0.1) is 0 Å². The molecule has 3 nitrogen and oxygen atoms in total. The highest BCUT2D eigenvalue weighted by atomic mass is 15.1. The first kappa shape index (κ1) is 12.1. The van der Waals surface area contributed by atoms with Gasteiger partial charge in [0.15, 0.2) is 0 Å². The van der Waals surface area contributed by atoms with E-state index in [2.05, 4.69) is 30.8 Å². The summed E-state index contributed by atoms with van der Waals surface area (Å²) < 4.78 is 0. The maximum absolute atomic E-state index is 5.84. The molecule has 0 bridgehead atoms. The van der Waals surface area contributed by atoms with Crippen LogP contribution in [0.15, 0.2) is 18.5 Å². The Morgan fingerprint density at radius 3 is 2.80 bits per heavy atom. The van der Waals surface area contributed by atoms with Gasteiger partial charge in [-0.25, -0.2) is 0 Å². The second-order valence-electron chi connectivity index (χ2n) is 3.96. The lowest BCUT2D eigenvalue weighted by atomic mass is 10.0. The molecule has 2 N–H and O–H groups in total. The molecule has 0 aromatic carbocycles. The topological polar surface area (TPSA) is 42.1 Å². The second-order valence-corrected chi connectivity index (χ2v) is 3.96. The maximum Gasteiger partial charge on any atom is 0.0485 e. The van der Waals surface area contributed by atoms with Crippen molar-refractivity contribution >= 4 is 0 Å². The van der Waals surface area contributed by atoms with Crippen LogP contribution in [-0.4, -0.2) is 30.0 Å². The predicted molar refractivity (Wildman–Crippen MR) is 63.7 cm³/mol. The highest BCUT2D eigenvalue weighted by molar-refractivity contribution is 5.25. The average Bonchev–Trinajstić information content (AvgIpc) is 2.22. The van der Waals surface area contributed by atoms with Crippen LogP contribution >= 0.6 is 0 Å². The van der Waals surface area contributed by atoms with E-state index in [1.807, 2.05) is 18.5 Å². The van der Waals surface area contributed by atoms with Crippen LogP contribution in [0.5, 0.6) is 0 Å². The Balaban J connectivity index is 2.87. The van der Waals surface area contributed by atoms with E-state index < -0.39 is 0 Å². The van der Waals surface area contributed by atoms with E-state index in [0.717, 1.165) is 13.0 Å². The normalized spacial score (nSPS) is 13.1. The van der Waals surface area contributed by atoms with Gasteiger partial charge >= 0.3 is 0 Å². The van der Waals surface area contributed by atoms with Crippen molar-refractivity contribution in [2.75, 3.05) is 20.1 Å². The van der Waals surface area contributed by atoms with E-state index in [0.29, 0.717) is 12.6 Å². The van der Waals surface area contributed by atoms with Gasteiger partial charge in [-0.05, 0) is 44.1 Å². The number of rotatable bonds is 5. The summed E-state index contributed by atoms with van der Waals surface area (Å²) in [5.41, 5.74) is 8.35. The van der Waals surface area contributed by atoms with Crippen molar-refractivity contribution in [3.63, 3.8) is 0 Å². The number of hydrogen-bond acceptors (Lipinski definition) is 3. The summed E-state index contributed by atoms with van der Waals surface area (Å²) in [7, 11) is 2.12. The van der Waals surface area contributed by atoms with E-state index in [-0.39, 0.29) is 0 Å². The molecule has 3 heteroatoms. The Labute approximate surface area is 92.3 Å². The number of likely N-dealkylation sites (N-methyl/N-ethyl adjacent to an activating group) is 1. The minimum absolute atomic E-state index is 0.290. The first-order valence-corrected chi connectivity index (χ1v) is 5.51. The number of nitrogens with two attached hydrogens (primary N) is 1. The van der Waals surface area contributed by atoms with Crippen molar-refractivity contribution in [3.8, 4) is 0 Å². The molecule has 0 aliphatic carbocycles. The van der Waals surface area contributed by atoms with Crippen molar-refractivity contribution in [2.45, 2.75) is 26.3 Å². The monoisotopic (exact) mass is 207 g/mol. The molecule has 0 saturated carbocycles. The van der Waals surface area contributed by atoms with Crippen LogP contribution in [0.25, 0.3) is 0 Å². The molecule has 0 fully saturated rings. The molecule has 1 aromatic heterocycles. The van der Waals surface area contributed by atoms with Crippen LogP contribution in [0, 0.1) is 6.92 Å². The van der Waals surface area contributed by atoms with Gasteiger partial charge in [-0.1, -0.05) is 6.92 Å². The third-order valence-corrected chi connectivity index (χ3v) is 2.77. The van der Waals surface area contributed by atoms with Gasteiger partial charge in [0.25, 0.3) is 0 Å². The molecule has 0 spiro atoms. The molecule has 84 valence electrons. The van der Waals surface area contributed by atoms with Crippen molar-refractivity contribution in [1.29, 1.82) is 0 Å². The Kier molecular flexibility index (Phi) is 4.72. The summed E-state index contributed by atoms with van der Waals surface area (Å²) in [4.78, 5) is 6.47. The fraction of sp³-hybridized carbons (Fsp3) is 0.583. The molecule has 0 saturated heterocycles. The van der Waals surface area contributed by atoms with Crippen molar-refractivity contribution in [3.05, 3.63) is 29.6 Å². The van der Waals surface area contributed by atoms with Crippen LogP contribution in [-0.2, 0) is 0 Å². The minimum atomic E-state index is 0.290. The smallest absolute Gasteiger partial charge is 0.0485 e. The van der Waals surface area contributed by atoms with Crippen LogP contribution in [0.1, 0.15) is 30.5 Å². The van der Waals surface area contributed by atoms with Crippen LogP contribution < -0.4 is 5.73 Å². The maximum atomic E-state index is 5.84. The molecule has 1 unspecified atom stereocenters. The van der Waals surface area contributed by atoms with E-state index in [4.69, 9.17) is 5.73 Å². The molecule has 0 aliphatic heterocycles. The summed E-state index contributed by atoms with van der Waals surface area (Å²) in [6, 6.07) is 2.33. The van der Waals surface area contributed by atoms with Gasteiger partial charge in [0.1, 0.15) is 0 Å². The molecule has 15 heavy (non-hydrogen) atoms. The van der Waals surface area contributed by atoms with Gasteiger partial charge in [-0.3, -0.25) is 9.88 Å². The molecule has 1 heterocycles. The molecule has 0 radical (unpaired) electrons. The predicted octanol–water partition coefficient (Wildman–Crippen LogP) is 1.73. The Morgan fingerprint density at radius 1 is 1.53 bits per heavy atom. The molecular formula is C12H21N3. The van der Waals surface area contributed by atoms with E-state index in [1.54, 1.807) is 0 Å². The summed E-state index contributed by atoms with van der Waals surface area (Å²) >= 11 is 0. The number of hydrogen-bond donors (Lipinski definition) is 1. The molecular weight excluding hydrogens is 186 g/mol. The minimum Gasteiger partial charge on any atom is -0.329 e. The molecule has 1 atom stereocenters. The van der Waals surface area contributed by atoms with Crippen LogP contribution in [0.4, 0.5) is 0 Å². The highest BCUT2D eigenvalue weighted by Crippen LogP contribution is 2.20. The van der Waals surface area contributed by atoms with E-state index in [9.17, 15) is 0 Å². The molecule has 0 aliphatic rings. The fourth-order valence-corrected chi connectivity index (χ4v) is 1.88. The Bertz CT molecular complexity index is 299. The largest absolute Gasteiger partial charge is 0.329 e. The third-order valence-electron chi connectivity index (χ3n) is 2.77. The fourth-order valence-electron chi connectivity index (χ4n) is 1.88. The number of nitrogens with zero attached hydrogens (tertiary/aromatic N) is 2. The lowest BCUT2D eigenvalue weighted by molar-refractivity contribution is 0.249. The SMILES string of the molecule is CCCN(C)C(CN)c1cnccc1C. The quantitative estimate of drug-likeness (QED) is 0.799. The van der Waals surface area contributed by atoms with Gasteiger partial charge in [-0.15, -0.1) is 0 Å². The number of pyridine rings is 1. The van der Waals surface area contributed by atoms with Crippen LogP contribution in [0.2, 0.25) is 0 Å². The summed E-state index contributed by atoms with van der Waals surface area (Å²) in [5, 5.41) is 0. The first-order valence-electron chi connectivity index (χ1n) is 5.51. The van der Waals surface area contributed by atoms with Crippen LogP contribution in [0.3, 0.4) is 0 Å².